The van der Waals surface area contributed by atoms with E-state index in [4.69, 9.17) is 0 Å². The van der Waals surface area contributed by atoms with E-state index in [9.17, 15) is 0 Å². The van der Waals surface area contributed by atoms with Crippen molar-refractivity contribution < 1.29 is 0 Å². The van der Waals surface area contributed by atoms with Gasteiger partial charge in [-0.05, 0) is 40.3 Å². The van der Waals surface area contributed by atoms with Gasteiger partial charge in [-0.15, -0.1) is 0 Å². The fourth-order valence-electron chi connectivity index (χ4n) is 5.32. The Morgan fingerprint density at radius 2 is 1.04 bits per heavy atom. The highest BCUT2D eigenvalue weighted by Crippen LogP contribution is 2.60. The topological polar surface area (TPSA) is 24.1 Å². The molecule has 4 heteroatoms. The van der Waals surface area contributed by atoms with Crippen LogP contribution < -0.4 is 9.63 Å². The average Bonchev–Trinajstić information content (AvgIpc) is 2.32. The molecule has 2 nitrogen and oxygen atoms in total. The molecule has 0 heterocycles. The molecule has 0 radical (unpaired) electrons. The van der Waals surface area contributed by atoms with Gasteiger partial charge in [0.1, 0.15) is 8.24 Å². The van der Waals surface area contributed by atoms with Gasteiger partial charge in [-0.1, -0.05) is 80.5 Å². The van der Waals surface area contributed by atoms with Crippen molar-refractivity contribution in [1.82, 2.24) is 4.65 Å². The third-order valence-corrected chi connectivity index (χ3v) is 16.8. The maximum atomic E-state index is 4.34. The van der Waals surface area contributed by atoms with E-state index in [0.29, 0.717) is 0 Å². The number of nitrogens with one attached hydrogen (secondary N) is 2. The van der Waals surface area contributed by atoms with Crippen LogP contribution in [-0.4, -0.2) is 16.6 Å². The van der Waals surface area contributed by atoms with Gasteiger partial charge in [-0.2, -0.15) is 0 Å². The molecule has 0 aliphatic rings. The van der Waals surface area contributed by atoms with Crippen LogP contribution in [0, 0.1) is 0 Å². The lowest BCUT2D eigenvalue weighted by Gasteiger charge is -2.61. The molecular weight excluding hydrogens is 324 g/mol. The van der Waals surface area contributed by atoms with Crippen LogP contribution in [0.15, 0.2) is 30.3 Å². The van der Waals surface area contributed by atoms with Crippen LogP contribution in [0.3, 0.4) is 0 Å². The Kier molecular flexibility index (Phi) is 5.91. The fraction of sp³-hybridized carbons (Fsp3) is 0.700. The first-order valence-corrected chi connectivity index (χ1v) is 14.2. The highest BCUT2D eigenvalue weighted by atomic mass is 28.4. The van der Waals surface area contributed by atoms with Gasteiger partial charge >= 0.3 is 0 Å². The first kappa shape index (κ1) is 21.5. The van der Waals surface area contributed by atoms with Crippen molar-refractivity contribution in [2.45, 2.75) is 90.5 Å². The summed E-state index contributed by atoms with van der Waals surface area (Å²) < 4.78 is 4.34. The molecule has 24 heavy (non-hydrogen) atoms. The SMILES string of the molecule is CC(C)(C)[Si](N[Si](C)(C)Nc1ccccc1)(C(C)(C)C)C(C)(C)C. The third-order valence-electron chi connectivity index (χ3n) is 5.11. The molecule has 0 spiro atoms. The lowest BCUT2D eigenvalue weighted by Crippen LogP contribution is -2.76. The molecule has 0 aliphatic carbocycles. The predicted molar refractivity (Wildman–Crippen MR) is 116 cm³/mol. The van der Waals surface area contributed by atoms with Crippen LogP contribution >= 0.6 is 0 Å². The van der Waals surface area contributed by atoms with Crippen molar-refractivity contribution in [3.63, 3.8) is 0 Å². The molecule has 0 amide bonds. The minimum atomic E-state index is -1.94. The zero-order chi connectivity index (χ0) is 19.0. The Morgan fingerprint density at radius 1 is 0.667 bits per heavy atom. The smallest absolute Gasteiger partial charge is 0.217 e. The molecule has 0 atom stereocenters. The molecule has 0 saturated heterocycles. The number of hydrogen-bond donors (Lipinski definition) is 2. The van der Waals surface area contributed by atoms with Gasteiger partial charge < -0.3 is 9.63 Å². The van der Waals surface area contributed by atoms with Crippen LogP contribution in [0.1, 0.15) is 62.3 Å². The number of anilines is 1. The Hall–Kier alpha value is -0.586. The van der Waals surface area contributed by atoms with Crippen LogP contribution in [-0.2, 0) is 0 Å². The monoisotopic (exact) mass is 364 g/mol. The van der Waals surface area contributed by atoms with E-state index in [1.165, 1.54) is 5.69 Å². The Balaban J connectivity index is 3.36. The molecule has 1 aromatic rings. The minimum absolute atomic E-state index is 0.256. The van der Waals surface area contributed by atoms with Crippen molar-refractivity contribution in [3.05, 3.63) is 30.3 Å². The van der Waals surface area contributed by atoms with Gasteiger partial charge in [0, 0.05) is 5.69 Å². The summed E-state index contributed by atoms with van der Waals surface area (Å²) in [6.45, 7) is 26.8. The molecule has 0 saturated carbocycles. The first-order valence-electron chi connectivity index (χ1n) is 9.16. The zero-order valence-corrected chi connectivity index (χ0v) is 19.9. The van der Waals surface area contributed by atoms with Crippen LogP contribution in [0.4, 0.5) is 5.69 Å². The summed E-state index contributed by atoms with van der Waals surface area (Å²) in [5.41, 5.74) is 1.22. The van der Waals surface area contributed by atoms with Gasteiger partial charge in [0.2, 0.25) is 8.40 Å². The highest BCUT2D eigenvalue weighted by Gasteiger charge is 2.61. The lowest BCUT2D eigenvalue weighted by atomic mass is 10.2. The number of benzene rings is 1. The van der Waals surface area contributed by atoms with E-state index >= 15 is 0 Å². The number of rotatable bonds is 4. The first-order chi connectivity index (χ1) is 10.5. The summed E-state index contributed by atoms with van der Waals surface area (Å²) in [7, 11) is -3.79. The zero-order valence-electron chi connectivity index (χ0n) is 17.9. The Labute approximate surface area is 153 Å². The van der Waals surface area contributed by atoms with Crippen molar-refractivity contribution in [2.75, 3.05) is 4.98 Å². The van der Waals surface area contributed by atoms with Crippen LogP contribution in [0.2, 0.25) is 28.2 Å². The molecule has 2 N–H and O–H groups in total. The van der Waals surface area contributed by atoms with Gasteiger partial charge in [-0.3, -0.25) is 0 Å². The summed E-state index contributed by atoms with van der Waals surface area (Å²) in [6, 6.07) is 10.6. The standard InChI is InChI=1S/C20H40N2Si2/c1-18(2,3)24(19(4,5)6,20(7,8)9)22-23(10,11)21-17-15-13-12-14-16-17/h12-16,21-22H,1-11H3. The third kappa shape index (κ3) is 4.33. The molecule has 1 aromatic carbocycles. The van der Waals surface area contributed by atoms with Gasteiger partial charge in [-0.25, -0.2) is 0 Å². The normalized spacial score (nSPS) is 14.6. The largest absolute Gasteiger partial charge is 0.399 e. The molecule has 0 unspecified atom stereocenters. The maximum Gasteiger partial charge on any atom is 0.217 e. The minimum Gasteiger partial charge on any atom is -0.399 e. The second-order valence-corrected chi connectivity index (χ2v) is 21.2. The average molecular weight is 365 g/mol. The van der Waals surface area contributed by atoms with E-state index in [1.54, 1.807) is 0 Å². The molecular formula is C20H40N2Si2. The van der Waals surface area contributed by atoms with Crippen molar-refractivity contribution in [3.8, 4) is 0 Å². The van der Waals surface area contributed by atoms with E-state index in [2.05, 4.69) is 115 Å². The Morgan fingerprint density at radius 3 is 1.38 bits per heavy atom. The second kappa shape index (κ2) is 6.62. The number of hydrogen-bond acceptors (Lipinski definition) is 2. The van der Waals surface area contributed by atoms with Crippen molar-refractivity contribution in [2.24, 2.45) is 0 Å². The molecule has 0 aliphatic heterocycles. The van der Waals surface area contributed by atoms with E-state index < -0.39 is 16.6 Å². The van der Waals surface area contributed by atoms with Crippen LogP contribution in [0.5, 0.6) is 0 Å². The summed E-state index contributed by atoms with van der Waals surface area (Å²) in [6.07, 6.45) is 0. The quantitative estimate of drug-likeness (QED) is 0.578. The Bertz CT molecular complexity index is 495. The van der Waals surface area contributed by atoms with Crippen molar-refractivity contribution in [1.29, 1.82) is 0 Å². The summed E-state index contributed by atoms with van der Waals surface area (Å²) in [4.78, 5) is 3.85. The van der Waals surface area contributed by atoms with E-state index in [-0.39, 0.29) is 15.1 Å². The number of para-hydroxylation sites is 1. The van der Waals surface area contributed by atoms with Crippen LogP contribution in [0.25, 0.3) is 0 Å². The molecule has 138 valence electrons. The predicted octanol–water partition coefficient (Wildman–Crippen LogP) is 6.74. The summed E-state index contributed by atoms with van der Waals surface area (Å²) in [5.74, 6) is 0. The van der Waals surface area contributed by atoms with Gasteiger partial charge in [0.05, 0.1) is 0 Å². The summed E-state index contributed by atoms with van der Waals surface area (Å²) in [5, 5.41) is 0.768. The molecule has 1 rings (SSSR count). The van der Waals surface area contributed by atoms with Gasteiger partial charge in [0.25, 0.3) is 0 Å². The molecule has 0 aromatic heterocycles. The summed E-state index contributed by atoms with van der Waals surface area (Å²) >= 11 is 0. The van der Waals surface area contributed by atoms with Crippen molar-refractivity contribution >= 4 is 22.3 Å². The van der Waals surface area contributed by atoms with E-state index in [1.807, 2.05) is 0 Å². The fourth-order valence-corrected chi connectivity index (χ4v) is 21.5. The molecule has 0 fully saturated rings. The van der Waals surface area contributed by atoms with Gasteiger partial charge in [0.15, 0.2) is 0 Å². The van der Waals surface area contributed by atoms with E-state index in [0.717, 1.165) is 0 Å². The highest BCUT2D eigenvalue weighted by molar-refractivity contribution is 6.97. The maximum absolute atomic E-state index is 4.34. The molecule has 0 bridgehead atoms. The second-order valence-electron chi connectivity index (χ2n) is 10.7. The lowest BCUT2D eigenvalue weighted by molar-refractivity contribution is 0.520.